The fraction of sp³-hybridized carbons (Fsp3) is 0.0556. The number of halogens is 1. The van der Waals surface area contributed by atoms with Gasteiger partial charge in [-0.05, 0) is 35.9 Å². The lowest BCUT2D eigenvalue weighted by Gasteiger charge is -2.03. The third-order valence-electron chi connectivity index (χ3n) is 4.07. The zero-order chi connectivity index (χ0) is 17.6. The number of amides is 1. The Balaban J connectivity index is 1.75. The van der Waals surface area contributed by atoms with Crippen LogP contribution in [0.1, 0.15) is 21.7 Å². The molecule has 2 heterocycles. The molecule has 0 saturated heterocycles. The number of fused-ring (bicyclic) bond motifs is 1. The minimum absolute atomic E-state index is 0.104. The SMILES string of the molecule is NC(=O)c1ccc2nc(C3=NCC(c4cccc(Br)c4)=C3O)[nH]c2c1. The highest BCUT2D eigenvalue weighted by Gasteiger charge is 2.24. The molecule has 1 aliphatic heterocycles. The predicted octanol–water partition coefficient (Wildman–Crippen LogP) is 3.20. The van der Waals surface area contributed by atoms with Crippen molar-refractivity contribution in [1.29, 1.82) is 0 Å². The monoisotopic (exact) mass is 396 g/mol. The summed E-state index contributed by atoms with van der Waals surface area (Å²) in [6, 6.07) is 12.7. The average molecular weight is 397 g/mol. The number of nitrogens with zero attached hydrogens (tertiary/aromatic N) is 2. The first-order valence-corrected chi connectivity index (χ1v) is 8.35. The van der Waals surface area contributed by atoms with Crippen molar-refractivity contribution in [3.63, 3.8) is 0 Å². The van der Waals surface area contributed by atoms with Gasteiger partial charge in [-0.3, -0.25) is 9.79 Å². The summed E-state index contributed by atoms with van der Waals surface area (Å²) in [7, 11) is 0. The van der Waals surface area contributed by atoms with Crippen LogP contribution >= 0.6 is 15.9 Å². The Bertz CT molecular complexity index is 1080. The van der Waals surface area contributed by atoms with Crippen LogP contribution in [0, 0.1) is 0 Å². The molecule has 0 radical (unpaired) electrons. The molecule has 124 valence electrons. The summed E-state index contributed by atoms with van der Waals surface area (Å²) < 4.78 is 0.932. The molecular weight excluding hydrogens is 384 g/mol. The van der Waals surface area contributed by atoms with Crippen molar-refractivity contribution in [2.45, 2.75) is 0 Å². The van der Waals surface area contributed by atoms with E-state index < -0.39 is 5.91 Å². The first kappa shape index (κ1) is 15.6. The zero-order valence-electron chi connectivity index (χ0n) is 13.0. The molecule has 0 aliphatic carbocycles. The van der Waals surface area contributed by atoms with Crippen molar-refractivity contribution < 1.29 is 9.90 Å². The summed E-state index contributed by atoms with van der Waals surface area (Å²) in [6.07, 6.45) is 0. The van der Waals surface area contributed by atoms with E-state index in [1.165, 1.54) is 0 Å². The summed E-state index contributed by atoms with van der Waals surface area (Å²) in [5.41, 5.74) is 9.09. The highest BCUT2D eigenvalue weighted by atomic mass is 79.9. The Kier molecular flexibility index (Phi) is 3.65. The average Bonchev–Trinajstić information content (AvgIpc) is 3.17. The topological polar surface area (TPSA) is 104 Å². The minimum atomic E-state index is -0.504. The first-order chi connectivity index (χ1) is 12.0. The van der Waals surface area contributed by atoms with E-state index in [9.17, 15) is 9.90 Å². The number of aromatic amines is 1. The molecular formula is C18H13BrN4O2. The molecule has 0 atom stereocenters. The number of carbonyl (C=O) groups excluding carboxylic acids is 1. The largest absolute Gasteiger partial charge is 0.505 e. The van der Waals surface area contributed by atoms with Gasteiger partial charge in [0.2, 0.25) is 5.91 Å². The molecule has 3 aromatic rings. The van der Waals surface area contributed by atoms with E-state index >= 15 is 0 Å². The number of hydrogen-bond acceptors (Lipinski definition) is 4. The molecule has 0 saturated carbocycles. The van der Waals surface area contributed by atoms with E-state index in [0.29, 0.717) is 34.7 Å². The van der Waals surface area contributed by atoms with Crippen molar-refractivity contribution in [3.8, 4) is 0 Å². The second-order valence-electron chi connectivity index (χ2n) is 5.68. The lowest BCUT2D eigenvalue weighted by Crippen LogP contribution is -2.10. The third-order valence-corrected chi connectivity index (χ3v) is 4.56. The van der Waals surface area contributed by atoms with Gasteiger partial charge >= 0.3 is 0 Å². The molecule has 1 aliphatic rings. The number of H-pyrrole nitrogens is 1. The Morgan fingerprint density at radius 3 is 2.84 bits per heavy atom. The Morgan fingerprint density at radius 2 is 2.08 bits per heavy atom. The quantitative estimate of drug-likeness (QED) is 0.632. The van der Waals surface area contributed by atoms with E-state index in [4.69, 9.17) is 5.73 Å². The van der Waals surface area contributed by atoms with Crippen molar-refractivity contribution in [1.82, 2.24) is 9.97 Å². The van der Waals surface area contributed by atoms with E-state index in [0.717, 1.165) is 15.6 Å². The molecule has 0 unspecified atom stereocenters. The molecule has 0 fully saturated rings. The number of nitrogens with two attached hydrogens (primary N) is 1. The van der Waals surface area contributed by atoms with Crippen LogP contribution in [0.5, 0.6) is 0 Å². The first-order valence-electron chi connectivity index (χ1n) is 7.56. The van der Waals surface area contributed by atoms with Crippen LogP contribution in [0.25, 0.3) is 16.6 Å². The van der Waals surface area contributed by atoms with Gasteiger partial charge in [0.25, 0.3) is 0 Å². The summed E-state index contributed by atoms with van der Waals surface area (Å²) in [5, 5.41) is 10.6. The molecule has 25 heavy (non-hydrogen) atoms. The summed E-state index contributed by atoms with van der Waals surface area (Å²) in [4.78, 5) is 23.3. The molecule has 2 aromatic carbocycles. The number of rotatable bonds is 3. The second-order valence-corrected chi connectivity index (χ2v) is 6.60. The predicted molar refractivity (Wildman–Crippen MR) is 99.7 cm³/mol. The number of aliphatic imine (C=N–C) groups is 1. The molecule has 4 N–H and O–H groups in total. The fourth-order valence-corrected chi connectivity index (χ4v) is 3.22. The van der Waals surface area contributed by atoms with E-state index in [-0.39, 0.29) is 5.76 Å². The third kappa shape index (κ3) is 2.72. The molecule has 1 aromatic heterocycles. The van der Waals surface area contributed by atoms with E-state index in [1.54, 1.807) is 18.2 Å². The standard InChI is InChI=1S/C18H13BrN4O2/c19-11-3-1-2-9(6-11)12-8-21-15(16(12)24)18-22-13-5-4-10(17(20)25)7-14(13)23-18/h1-7,24H,8H2,(H2,20,25)(H,22,23). The van der Waals surface area contributed by atoms with Crippen molar-refractivity contribution in [2.75, 3.05) is 6.54 Å². The smallest absolute Gasteiger partial charge is 0.248 e. The zero-order valence-corrected chi connectivity index (χ0v) is 14.5. The normalized spacial score (nSPS) is 14.2. The van der Waals surface area contributed by atoms with Crippen LogP contribution in [0.4, 0.5) is 0 Å². The van der Waals surface area contributed by atoms with Gasteiger partial charge < -0.3 is 15.8 Å². The minimum Gasteiger partial charge on any atom is -0.505 e. The second kappa shape index (κ2) is 5.86. The van der Waals surface area contributed by atoms with Crippen LogP contribution in [0.15, 0.2) is 57.7 Å². The van der Waals surface area contributed by atoms with E-state index in [1.807, 2.05) is 24.3 Å². The van der Waals surface area contributed by atoms with Crippen LogP contribution in [0.3, 0.4) is 0 Å². The maximum Gasteiger partial charge on any atom is 0.248 e. The number of aliphatic hydroxyl groups excluding tert-OH is 1. The Hall–Kier alpha value is -2.93. The van der Waals surface area contributed by atoms with Crippen LogP contribution in [-0.2, 0) is 0 Å². The Morgan fingerprint density at radius 1 is 1.24 bits per heavy atom. The number of benzene rings is 2. The van der Waals surface area contributed by atoms with Crippen LogP contribution in [0.2, 0.25) is 0 Å². The summed E-state index contributed by atoms with van der Waals surface area (Å²) in [6.45, 7) is 0.376. The lowest BCUT2D eigenvalue weighted by molar-refractivity contribution is 0.100. The van der Waals surface area contributed by atoms with Gasteiger partial charge in [0.1, 0.15) is 11.5 Å². The summed E-state index contributed by atoms with van der Waals surface area (Å²) >= 11 is 3.43. The highest BCUT2D eigenvalue weighted by Crippen LogP contribution is 2.28. The molecule has 0 bridgehead atoms. The number of aliphatic hydroxyl groups is 1. The molecule has 6 nitrogen and oxygen atoms in total. The number of aromatic nitrogens is 2. The van der Waals surface area contributed by atoms with Gasteiger partial charge in [-0.25, -0.2) is 4.98 Å². The number of nitrogens with one attached hydrogen (secondary N) is 1. The van der Waals surface area contributed by atoms with Crippen molar-refractivity contribution in [3.05, 3.63) is 69.6 Å². The van der Waals surface area contributed by atoms with Crippen LogP contribution < -0.4 is 5.73 Å². The molecule has 7 heteroatoms. The fourth-order valence-electron chi connectivity index (χ4n) is 2.82. The maximum atomic E-state index is 11.3. The number of primary amides is 1. The highest BCUT2D eigenvalue weighted by molar-refractivity contribution is 9.10. The number of imidazole rings is 1. The molecule has 1 amide bonds. The number of allylic oxidation sites excluding steroid dienone is 1. The van der Waals surface area contributed by atoms with Gasteiger partial charge in [0, 0.05) is 15.6 Å². The van der Waals surface area contributed by atoms with Gasteiger partial charge in [0.05, 0.1) is 17.6 Å². The van der Waals surface area contributed by atoms with Gasteiger partial charge in [0.15, 0.2) is 5.82 Å². The van der Waals surface area contributed by atoms with Crippen molar-refractivity contribution in [2.24, 2.45) is 10.7 Å². The molecule has 4 rings (SSSR count). The van der Waals surface area contributed by atoms with Crippen LogP contribution in [-0.4, -0.2) is 33.2 Å². The maximum absolute atomic E-state index is 11.3. The van der Waals surface area contributed by atoms with E-state index in [2.05, 4.69) is 30.9 Å². The summed E-state index contributed by atoms with van der Waals surface area (Å²) in [5.74, 6) is 0.0577. The van der Waals surface area contributed by atoms with Gasteiger partial charge in [-0.1, -0.05) is 28.1 Å². The lowest BCUT2D eigenvalue weighted by atomic mass is 10.1. The van der Waals surface area contributed by atoms with Gasteiger partial charge in [-0.15, -0.1) is 0 Å². The Labute approximate surface area is 151 Å². The molecule has 0 spiro atoms. The van der Waals surface area contributed by atoms with Crippen molar-refractivity contribution >= 4 is 44.2 Å². The van der Waals surface area contributed by atoms with Gasteiger partial charge in [-0.2, -0.15) is 0 Å². The number of hydrogen-bond donors (Lipinski definition) is 3. The number of carbonyl (C=O) groups is 1.